The molecule has 0 unspecified atom stereocenters. The standard InChI is InChI=1S/C15H10ClN3O3S2/c16-11-8-4-1-2-6-10(8)24-12(11)14(21)18-19-15(23)17-13(20)9-5-3-7-22-9/h1-7H,(H,18,21)(H2,17,19,20,23). The van der Waals surface area contributed by atoms with Gasteiger partial charge in [-0.25, -0.2) is 0 Å². The lowest BCUT2D eigenvalue weighted by Gasteiger charge is -2.09. The molecular formula is C15H10ClN3O3S2. The molecule has 3 aromatic rings. The van der Waals surface area contributed by atoms with E-state index in [9.17, 15) is 9.59 Å². The van der Waals surface area contributed by atoms with Crippen LogP contribution >= 0.6 is 35.2 Å². The fraction of sp³-hybridized carbons (Fsp3) is 0. The molecule has 122 valence electrons. The summed E-state index contributed by atoms with van der Waals surface area (Å²) in [6.07, 6.45) is 1.37. The maximum atomic E-state index is 12.2. The van der Waals surface area contributed by atoms with Crippen molar-refractivity contribution in [2.75, 3.05) is 0 Å². The van der Waals surface area contributed by atoms with Gasteiger partial charge in [-0.3, -0.25) is 25.8 Å². The van der Waals surface area contributed by atoms with Crippen molar-refractivity contribution in [2.45, 2.75) is 0 Å². The first-order valence-electron chi connectivity index (χ1n) is 6.68. The van der Waals surface area contributed by atoms with Gasteiger partial charge in [0, 0.05) is 10.1 Å². The fourth-order valence-corrected chi connectivity index (χ4v) is 3.49. The van der Waals surface area contributed by atoms with E-state index >= 15 is 0 Å². The van der Waals surface area contributed by atoms with Crippen molar-refractivity contribution < 1.29 is 14.0 Å². The third-order valence-electron chi connectivity index (χ3n) is 3.00. The molecule has 0 atom stereocenters. The van der Waals surface area contributed by atoms with Crippen molar-refractivity contribution in [3.8, 4) is 0 Å². The van der Waals surface area contributed by atoms with Crippen LogP contribution in [0.4, 0.5) is 0 Å². The Balaban J connectivity index is 1.61. The van der Waals surface area contributed by atoms with Crippen LogP contribution in [-0.4, -0.2) is 16.9 Å². The Morgan fingerprint density at radius 2 is 1.88 bits per heavy atom. The molecular weight excluding hydrogens is 370 g/mol. The molecule has 6 nitrogen and oxygen atoms in total. The van der Waals surface area contributed by atoms with E-state index in [4.69, 9.17) is 28.2 Å². The summed E-state index contributed by atoms with van der Waals surface area (Å²) >= 11 is 12.4. The second-order valence-corrected chi connectivity index (χ2v) is 6.42. The van der Waals surface area contributed by atoms with E-state index in [1.54, 1.807) is 6.07 Å². The molecule has 1 aromatic carbocycles. The predicted octanol–water partition coefficient (Wildman–Crippen LogP) is 3.10. The van der Waals surface area contributed by atoms with E-state index in [0.717, 1.165) is 10.1 Å². The molecule has 3 rings (SSSR count). The Morgan fingerprint density at radius 3 is 2.58 bits per heavy atom. The number of amides is 2. The van der Waals surface area contributed by atoms with Gasteiger partial charge in [-0.1, -0.05) is 29.8 Å². The topological polar surface area (TPSA) is 83.4 Å². The number of thiocarbonyl (C=S) groups is 1. The van der Waals surface area contributed by atoms with Crippen LogP contribution in [0.15, 0.2) is 47.1 Å². The summed E-state index contributed by atoms with van der Waals surface area (Å²) in [5.74, 6) is -0.861. The second-order valence-electron chi connectivity index (χ2n) is 4.58. The van der Waals surface area contributed by atoms with Crippen LogP contribution in [0.25, 0.3) is 10.1 Å². The molecule has 0 saturated heterocycles. The van der Waals surface area contributed by atoms with Crippen LogP contribution in [0, 0.1) is 0 Å². The SMILES string of the molecule is O=C(NC(=S)NNC(=O)c1sc2ccccc2c1Cl)c1ccco1. The van der Waals surface area contributed by atoms with Crippen molar-refractivity contribution in [2.24, 2.45) is 0 Å². The average Bonchev–Trinajstić information content (AvgIpc) is 3.21. The quantitative estimate of drug-likeness (QED) is 0.470. The summed E-state index contributed by atoms with van der Waals surface area (Å²) in [6.45, 7) is 0. The number of carbonyl (C=O) groups is 2. The zero-order valence-corrected chi connectivity index (χ0v) is 14.3. The number of hydrogen-bond donors (Lipinski definition) is 3. The van der Waals surface area contributed by atoms with Gasteiger partial charge in [-0.2, -0.15) is 0 Å². The maximum Gasteiger partial charge on any atom is 0.293 e. The smallest absolute Gasteiger partial charge is 0.293 e. The van der Waals surface area contributed by atoms with Crippen LogP contribution in [0.2, 0.25) is 5.02 Å². The average molecular weight is 380 g/mol. The van der Waals surface area contributed by atoms with Gasteiger partial charge in [0.1, 0.15) is 4.88 Å². The van der Waals surface area contributed by atoms with Crippen molar-refractivity contribution in [3.63, 3.8) is 0 Å². The molecule has 0 aliphatic rings. The minimum atomic E-state index is -0.522. The number of halogens is 1. The second kappa shape index (κ2) is 7.00. The molecule has 0 bridgehead atoms. The van der Waals surface area contributed by atoms with E-state index in [-0.39, 0.29) is 10.9 Å². The Morgan fingerprint density at radius 1 is 1.08 bits per heavy atom. The molecule has 2 aromatic heterocycles. The van der Waals surface area contributed by atoms with Gasteiger partial charge in [0.15, 0.2) is 10.9 Å². The van der Waals surface area contributed by atoms with E-state index in [1.807, 2.05) is 24.3 Å². The van der Waals surface area contributed by atoms with Crippen molar-refractivity contribution in [1.82, 2.24) is 16.2 Å². The zero-order valence-electron chi connectivity index (χ0n) is 12.0. The molecule has 2 amide bonds. The first-order valence-corrected chi connectivity index (χ1v) is 8.28. The largest absolute Gasteiger partial charge is 0.459 e. The highest BCUT2D eigenvalue weighted by Crippen LogP contribution is 2.34. The third kappa shape index (κ3) is 3.40. The van der Waals surface area contributed by atoms with E-state index in [1.165, 1.54) is 23.7 Å². The summed E-state index contributed by atoms with van der Waals surface area (Å²) < 4.78 is 5.84. The summed E-state index contributed by atoms with van der Waals surface area (Å²) in [5.41, 5.74) is 4.85. The van der Waals surface area contributed by atoms with Gasteiger partial charge in [0.25, 0.3) is 11.8 Å². The first kappa shape index (κ1) is 16.4. The molecule has 0 radical (unpaired) electrons. The lowest BCUT2D eigenvalue weighted by molar-refractivity contribution is 0.0929. The number of fused-ring (bicyclic) bond motifs is 1. The number of thiophene rings is 1. The van der Waals surface area contributed by atoms with Gasteiger partial charge < -0.3 is 4.42 Å². The summed E-state index contributed by atoms with van der Waals surface area (Å²) in [7, 11) is 0. The lowest BCUT2D eigenvalue weighted by Crippen LogP contribution is -2.48. The molecule has 9 heteroatoms. The van der Waals surface area contributed by atoms with Crippen molar-refractivity contribution in [1.29, 1.82) is 0 Å². The van der Waals surface area contributed by atoms with E-state index < -0.39 is 11.8 Å². The highest BCUT2D eigenvalue weighted by atomic mass is 35.5. The third-order valence-corrected chi connectivity index (χ3v) is 4.88. The van der Waals surface area contributed by atoms with Crippen LogP contribution < -0.4 is 16.2 Å². The normalized spacial score (nSPS) is 10.4. The number of nitrogens with one attached hydrogen (secondary N) is 3. The Hall–Kier alpha value is -2.42. The predicted molar refractivity (Wildman–Crippen MR) is 96.2 cm³/mol. The molecule has 3 N–H and O–H groups in total. The summed E-state index contributed by atoms with van der Waals surface area (Å²) in [5, 5.41) is 3.49. The van der Waals surface area contributed by atoms with Crippen molar-refractivity contribution >= 4 is 62.2 Å². The Bertz CT molecular complexity index is 921. The van der Waals surface area contributed by atoms with Crippen LogP contribution in [0.3, 0.4) is 0 Å². The monoisotopic (exact) mass is 379 g/mol. The van der Waals surface area contributed by atoms with E-state index in [0.29, 0.717) is 9.90 Å². The van der Waals surface area contributed by atoms with Gasteiger partial charge in [0.2, 0.25) is 0 Å². The first-order chi connectivity index (χ1) is 11.6. The molecule has 0 spiro atoms. The van der Waals surface area contributed by atoms with Crippen molar-refractivity contribution in [3.05, 3.63) is 58.3 Å². The Kier molecular flexibility index (Phi) is 4.79. The Labute approximate surface area is 150 Å². The van der Waals surface area contributed by atoms with Crippen LogP contribution in [-0.2, 0) is 0 Å². The number of furan rings is 1. The number of hydrazine groups is 1. The highest BCUT2D eigenvalue weighted by molar-refractivity contribution is 7.80. The summed E-state index contributed by atoms with van der Waals surface area (Å²) in [4.78, 5) is 24.3. The van der Waals surface area contributed by atoms with Crippen LogP contribution in [0.5, 0.6) is 0 Å². The number of hydrogen-bond acceptors (Lipinski definition) is 5. The molecule has 0 aliphatic heterocycles. The van der Waals surface area contributed by atoms with E-state index in [2.05, 4.69) is 16.2 Å². The lowest BCUT2D eigenvalue weighted by atomic mass is 10.2. The van der Waals surface area contributed by atoms with Gasteiger partial charge >= 0.3 is 0 Å². The minimum absolute atomic E-state index is 0.0676. The number of benzene rings is 1. The fourth-order valence-electron chi connectivity index (χ4n) is 1.93. The molecule has 24 heavy (non-hydrogen) atoms. The van der Waals surface area contributed by atoms with Gasteiger partial charge in [-0.15, -0.1) is 11.3 Å². The van der Waals surface area contributed by atoms with Gasteiger partial charge in [-0.05, 0) is 30.4 Å². The molecule has 0 saturated carbocycles. The van der Waals surface area contributed by atoms with Crippen LogP contribution in [0.1, 0.15) is 20.2 Å². The minimum Gasteiger partial charge on any atom is -0.459 e. The van der Waals surface area contributed by atoms with Gasteiger partial charge in [0.05, 0.1) is 11.3 Å². The number of carbonyl (C=O) groups excluding carboxylic acids is 2. The maximum absolute atomic E-state index is 12.2. The summed E-state index contributed by atoms with van der Waals surface area (Å²) in [6, 6.07) is 10.5. The number of rotatable bonds is 2. The molecule has 0 fully saturated rings. The zero-order chi connectivity index (χ0) is 17.1. The molecule has 2 heterocycles. The highest BCUT2D eigenvalue weighted by Gasteiger charge is 2.17. The molecule has 0 aliphatic carbocycles.